The van der Waals surface area contributed by atoms with Crippen LogP contribution >= 0.6 is 0 Å². The molecule has 0 saturated heterocycles. The zero-order valence-corrected chi connectivity index (χ0v) is 10.8. The molecule has 5 nitrogen and oxygen atoms in total. The largest absolute Gasteiger partial charge is 0.393 e. The Morgan fingerprint density at radius 2 is 2.21 bits per heavy atom. The Morgan fingerprint density at radius 1 is 1.26 bits per heavy atom. The van der Waals surface area contributed by atoms with E-state index in [2.05, 4.69) is 20.3 Å². The molecular formula is C14H18N4O. The van der Waals surface area contributed by atoms with Crippen molar-refractivity contribution in [1.29, 1.82) is 0 Å². The highest BCUT2D eigenvalue weighted by atomic mass is 16.3. The highest BCUT2D eigenvalue weighted by molar-refractivity contribution is 5.85. The number of nitrogens with one attached hydrogen (secondary N) is 1. The third-order valence-electron chi connectivity index (χ3n) is 3.72. The summed E-state index contributed by atoms with van der Waals surface area (Å²) >= 11 is 0. The summed E-state index contributed by atoms with van der Waals surface area (Å²) in [6.45, 7) is 0.845. The van der Waals surface area contributed by atoms with E-state index < -0.39 is 0 Å². The SMILES string of the molecule is OC1CCCC(CNc2ncnc3ncccc23)C1. The quantitative estimate of drug-likeness (QED) is 0.881. The molecule has 5 heteroatoms. The van der Waals surface area contributed by atoms with E-state index in [1.807, 2.05) is 12.1 Å². The van der Waals surface area contributed by atoms with E-state index in [0.717, 1.165) is 37.0 Å². The highest BCUT2D eigenvalue weighted by Gasteiger charge is 2.20. The molecule has 0 aliphatic heterocycles. The van der Waals surface area contributed by atoms with Crippen molar-refractivity contribution in [1.82, 2.24) is 15.0 Å². The molecule has 2 heterocycles. The number of aromatic nitrogens is 3. The van der Waals surface area contributed by atoms with E-state index in [0.29, 0.717) is 11.6 Å². The van der Waals surface area contributed by atoms with Crippen LogP contribution in [-0.2, 0) is 0 Å². The van der Waals surface area contributed by atoms with Crippen LogP contribution in [-0.4, -0.2) is 32.7 Å². The molecule has 2 atom stereocenters. The minimum Gasteiger partial charge on any atom is -0.393 e. The monoisotopic (exact) mass is 258 g/mol. The molecule has 2 aromatic rings. The Kier molecular flexibility index (Phi) is 3.55. The number of rotatable bonds is 3. The molecule has 19 heavy (non-hydrogen) atoms. The maximum absolute atomic E-state index is 9.69. The minimum atomic E-state index is -0.135. The summed E-state index contributed by atoms with van der Waals surface area (Å²) in [7, 11) is 0. The average molecular weight is 258 g/mol. The molecule has 1 saturated carbocycles. The number of hydrogen-bond donors (Lipinski definition) is 2. The van der Waals surface area contributed by atoms with Crippen molar-refractivity contribution in [3.63, 3.8) is 0 Å². The minimum absolute atomic E-state index is 0.135. The normalized spacial score (nSPS) is 23.4. The molecule has 2 unspecified atom stereocenters. The molecule has 2 N–H and O–H groups in total. The highest BCUT2D eigenvalue weighted by Crippen LogP contribution is 2.25. The standard InChI is InChI=1S/C14H18N4O/c19-11-4-1-3-10(7-11)8-16-14-12-5-2-6-15-13(12)17-9-18-14/h2,5-6,9-11,19H,1,3-4,7-8H2,(H,15,16,17,18). The molecule has 3 rings (SSSR count). The van der Waals surface area contributed by atoms with Crippen LogP contribution in [0.15, 0.2) is 24.7 Å². The lowest BCUT2D eigenvalue weighted by Crippen LogP contribution is -2.25. The van der Waals surface area contributed by atoms with Crippen LogP contribution in [0.5, 0.6) is 0 Å². The fourth-order valence-corrected chi connectivity index (χ4v) is 2.73. The molecule has 0 spiro atoms. The van der Waals surface area contributed by atoms with Gasteiger partial charge in [0.25, 0.3) is 0 Å². The molecule has 0 amide bonds. The molecule has 2 aromatic heterocycles. The topological polar surface area (TPSA) is 70.9 Å². The lowest BCUT2D eigenvalue weighted by Gasteiger charge is -2.26. The summed E-state index contributed by atoms with van der Waals surface area (Å²) in [5, 5.41) is 14.0. The fourth-order valence-electron chi connectivity index (χ4n) is 2.73. The molecule has 1 aliphatic carbocycles. The van der Waals surface area contributed by atoms with Crippen LogP contribution in [0.2, 0.25) is 0 Å². The Labute approximate surface area is 112 Å². The summed E-state index contributed by atoms with van der Waals surface area (Å²) in [4.78, 5) is 12.6. The lowest BCUT2D eigenvalue weighted by atomic mass is 9.87. The number of aliphatic hydroxyl groups is 1. The van der Waals surface area contributed by atoms with E-state index in [-0.39, 0.29) is 6.10 Å². The second-order valence-corrected chi connectivity index (χ2v) is 5.16. The second kappa shape index (κ2) is 5.48. The number of nitrogens with zero attached hydrogens (tertiary/aromatic N) is 3. The molecule has 1 aliphatic rings. The predicted octanol–water partition coefficient (Wildman–Crippen LogP) is 1.99. The second-order valence-electron chi connectivity index (χ2n) is 5.16. The third kappa shape index (κ3) is 2.81. The van der Waals surface area contributed by atoms with Crippen LogP contribution in [0, 0.1) is 5.92 Å². The van der Waals surface area contributed by atoms with Crippen LogP contribution in [0.4, 0.5) is 5.82 Å². The van der Waals surface area contributed by atoms with Gasteiger partial charge in [-0.1, -0.05) is 6.42 Å². The van der Waals surface area contributed by atoms with Gasteiger partial charge in [-0.05, 0) is 37.3 Å². The van der Waals surface area contributed by atoms with Gasteiger partial charge in [-0.2, -0.15) is 0 Å². The first-order valence-electron chi connectivity index (χ1n) is 6.80. The maximum atomic E-state index is 9.69. The average Bonchev–Trinajstić information content (AvgIpc) is 2.45. The summed E-state index contributed by atoms with van der Waals surface area (Å²) in [6, 6.07) is 3.86. The number of hydrogen-bond acceptors (Lipinski definition) is 5. The van der Waals surface area contributed by atoms with Gasteiger partial charge < -0.3 is 10.4 Å². The van der Waals surface area contributed by atoms with Crippen LogP contribution < -0.4 is 5.32 Å². The Bertz CT molecular complexity index is 555. The molecular weight excluding hydrogens is 240 g/mol. The van der Waals surface area contributed by atoms with Gasteiger partial charge in [-0.25, -0.2) is 15.0 Å². The third-order valence-corrected chi connectivity index (χ3v) is 3.72. The number of pyridine rings is 1. The van der Waals surface area contributed by atoms with Gasteiger partial charge >= 0.3 is 0 Å². The first-order valence-corrected chi connectivity index (χ1v) is 6.80. The molecule has 0 bridgehead atoms. The first-order chi connectivity index (χ1) is 9.33. The van der Waals surface area contributed by atoms with Gasteiger partial charge in [0.05, 0.1) is 11.5 Å². The predicted molar refractivity (Wildman–Crippen MR) is 73.8 cm³/mol. The first kappa shape index (κ1) is 12.3. The Morgan fingerprint density at radius 3 is 3.11 bits per heavy atom. The summed E-state index contributed by atoms with van der Waals surface area (Å²) in [5.41, 5.74) is 0.712. The smallest absolute Gasteiger partial charge is 0.164 e. The van der Waals surface area contributed by atoms with Crippen molar-refractivity contribution in [2.24, 2.45) is 5.92 Å². The van der Waals surface area contributed by atoms with Crippen LogP contribution in [0.25, 0.3) is 11.0 Å². The fraction of sp³-hybridized carbons (Fsp3) is 0.500. The number of aliphatic hydroxyl groups excluding tert-OH is 1. The van der Waals surface area contributed by atoms with Gasteiger partial charge in [-0.15, -0.1) is 0 Å². The van der Waals surface area contributed by atoms with Crippen molar-refractivity contribution < 1.29 is 5.11 Å². The van der Waals surface area contributed by atoms with Crippen molar-refractivity contribution in [3.8, 4) is 0 Å². The van der Waals surface area contributed by atoms with Crippen molar-refractivity contribution >= 4 is 16.9 Å². The van der Waals surface area contributed by atoms with Crippen molar-refractivity contribution in [2.75, 3.05) is 11.9 Å². The van der Waals surface area contributed by atoms with Gasteiger partial charge in [-0.3, -0.25) is 0 Å². The van der Waals surface area contributed by atoms with Crippen LogP contribution in [0.1, 0.15) is 25.7 Å². The van der Waals surface area contributed by atoms with Gasteiger partial charge in [0.2, 0.25) is 0 Å². The van der Waals surface area contributed by atoms with Gasteiger partial charge in [0.1, 0.15) is 12.1 Å². The summed E-state index contributed by atoms with van der Waals surface area (Å²) < 4.78 is 0. The zero-order chi connectivity index (χ0) is 13.1. The van der Waals surface area contributed by atoms with E-state index in [1.54, 1.807) is 6.20 Å². The number of anilines is 1. The van der Waals surface area contributed by atoms with Crippen molar-refractivity contribution in [2.45, 2.75) is 31.8 Å². The van der Waals surface area contributed by atoms with E-state index in [1.165, 1.54) is 12.7 Å². The summed E-state index contributed by atoms with van der Waals surface area (Å²) in [5.74, 6) is 1.35. The molecule has 1 fully saturated rings. The van der Waals surface area contributed by atoms with E-state index >= 15 is 0 Å². The Balaban J connectivity index is 1.71. The van der Waals surface area contributed by atoms with E-state index in [9.17, 15) is 5.11 Å². The molecule has 100 valence electrons. The number of fused-ring (bicyclic) bond motifs is 1. The van der Waals surface area contributed by atoms with E-state index in [4.69, 9.17) is 0 Å². The Hall–Kier alpha value is -1.75. The molecule has 0 radical (unpaired) electrons. The lowest BCUT2D eigenvalue weighted by molar-refractivity contribution is 0.104. The summed E-state index contributed by atoms with van der Waals surface area (Å²) in [6.07, 6.45) is 7.24. The van der Waals surface area contributed by atoms with Crippen molar-refractivity contribution in [3.05, 3.63) is 24.7 Å². The van der Waals surface area contributed by atoms with Gasteiger partial charge in [0.15, 0.2) is 5.65 Å². The van der Waals surface area contributed by atoms with Crippen LogP contribution in [0.3, 0.4) is 0 Å². The maximum Gasteiger partial charge on any atom is 0.164 e. The van der Waals surface area contributed by atoms with Gasteiger partial charge in [0, 0.05) is 12.7 Å². The molecule has 0 aromatic carbocycles. The zero-order valence-electron chi connectivity index (χ0n) is 10.8.